The Bertz CT molecular complexity index is 527. The molecular weight excluding hydrogens is 258 g/mol. The quantitative estimate of drug-likeness (QED) is 0.835. The zero-order chi connectivity index (χ0) is 14.7. The fraction of sp³-hybridized carbons (Fsp3) is 0.400. The Labute approximate surface area is 118 Å². The molecule has 5 nitrogen and oxygen atoms in total. The molecule has 1 unspecified atom stereocenters. The molecule has 0 spiro atoms. The summed E-state index contributed by atoms with van der Waals surface area (Å²) in [6.07, 6.45) is 1.09. The van der Waals surface area contributed by atoms with Crippen molar-refractivity contribution in [2.75, 3.05) is 18.1 Å². The largest absolute Gasteiger partial charge is 0.490 e. The SMILES string of the molecule is C=CCN1C(=O)C(C)Oc2c(OCC)cc(CO)cc21. The standard InChI is InChI=1S/C15H19NO4/c1-4-6-16-12-7-11(9-17)8-13(19-5-2)14(12)20-10(3)15(16)18/h4,7-8,10,17H,1,5-6,9H2,2-3H3. The maximum atomic E-state index is 12.2. The lowest BCUT2D eigenvalue weighted by Gasteiger charge is -2.33. The summed E-state index contributed by atoms with van der Waals surface area (Å²) in [6.45, 7) is 7.99. The van der Waals surface area contributed by atoms with E-state index in [0.29, 0.717) is 35.9 Å². The van der Waals surface area contributed by atoms with Crippen LogP contribution in [0.15, 0.2) is 24.8 Å². The number of hydrogen-bond donors (Lipinski definition) is 1. The minimum absolute atomic E-state index is 0.126. The first-order valence-electron chi connectivity index (χ1n) is 6.61. The lowest BCUT2D eigenvalue weighted by atomic mass is 10.1. The number of nitrogens with zero attached hydrogens (tertiary/aromatic N) is 1. The molecule has 0 saturated heterocycles. The zero-order valence-electron chi connectivity index (χ0n) is 11.8. The van der Waals surface area contributed by atoms with Gasteiger partial charge in [0.15, 0.2) is 17.6 Å². The Morgan fingerprint density at radius 2 is 2.30 bits per heavy atom. The van der Waals surface area contributed by atoms with E-state index < -0.39 is 6.10 Å². The molecule has 0 saturated carbocycles. The van der Waals surface area contributed by atoms with E-state index in [-0.39, 0.29) is 12.5 Å². The molecule has 0 radical (unpaired) electrons. The highest BCUT2D eigenvalue weighted by molar-refractivity contribution is 6.00. The normalized spacial score (nSPS) is 17.4. The third kappa shape index (κ3) is 2.49. The molecule has 1 aliphatic heterocycles. The fourth-order valence-electron chi connectivity index (χ4n) is 2.20. The van der Waals surface area contributed by atoms with E-state index in [1.54, 1.807) is 30.0 Å². The average molecular weight is 277 g/mol. The van der Waals surface area contributed by atoms with Crippen LogP contribution in [-0.4, -0.2) is 30.3 Å². The summed E-state index contributed by atoms with van der Waals surface area (Å²) in [4.78, 5) is 13.8. The van der Waals surface area contributed by atoms with Gasteiger partial charge in [-0.1, -0.05) is 6.08 Å². The molecule has 1 atom stereocenters. The highest BCUT2D eigenvalue weighted by Crippen LogP contribution is 2.43. The Kier molecular flexibility index (Phi) is 4.29. The van der Waals surface area contributed by atoms with Crippen LogP contribution in [0.2, 0.25) is 0 Å². The Morgan fingerprint density at radius 3 is 2.90 bits per heavy atom. The van der Waals surface area contributed by atoms with Gasteiger partial charge in [0.2, 0.25) is 0 Å². The Hall–Kier alpha value is -2.01. The van der Waals surface area contributed by atoms with Crippen LogP contribution in [0, 0.1) is 0 Å². The van der Waals surface area contributed by atoms with Crippen LogP contribution in [0.4, 0.5) is 5.69 Å². The van der Waals surface area contributed by atoms with E-state index in [1.165, 1.54) is 0 Å². The van der Waals surface area contributed by atoms with Crippen LogP contribution in [0.3, 0.4) is 0 Å². The van der Waals surface area contributed by atoms with Crippen molar-refractivity contribution in [2.45, 2.75) is 26.6 Å². The molecule has 1 aromatic carbocycles. The van der Waals surface area contributed by atoms with Gasteiger partial charge >= 0.3 is 0 Å². The number of rotatable bonds is 5. The van der Waals surface area contributed by atoms with Crippen molar-refractivity contribution in [3.05, 3.63) is 30.4 Å². The predicted octanol–water partition coefficient (Wildman–Crippen LogP) is 1.88. The van der Waals surface area contributed by atoms with Crippen LogP contribution < -0.4 is 14.4 Å². The van der Waals surface area contributed by atoms with Gasteiger partial charge in [-0.3, -0.25) is 4.79 Å². The number of carbonyl (C=O) groups is 1. The summed E-state index contributed by atoms with van der Waals surface area (Å²) in [6, 6.07) is 3.47. The number of aliphatic hydroxyl groups excluding tert-OH is 1. The van der Waals surface area contributed by atoms with E-state index in [0.717, 1.165) is 0 Å². The zero-order valence-corrected chi connectivity index (χ0v) is 11.8. The van der Waals surface area contributed by atoms with Crippen LogP contribution in [0.25, 0.3) is 0 Å². The summed E-state index contributed by atoms with van der Waals surface area (Å²) < 4.78 is 11.2. The van der Waals surface area contributed by atoms with Crippen LogP contribution in [0.1, 0.15) is 19.4 Å². The van der Waals surface area contributed by atoms with E-state index in [1.807, 2.05) is 6.92 Å². The van der Waals surface area contributed by atoms with Gasteiger partial charge in [0.1, 0.15) is 0 Å². The van der Waals surface area contributed by atoms with Crippen molar-refractivity contribution in [3.63, 3.8) is 0 Å². The summed E-state index contributed by atoms with van der Waals surface area (Å²) in [5, 5.41) is 9.35. The van der Waals surface area contributed by atoms with Crippen molar-refractivity contribution in [1.29, 1.82) is 0 Å². The maximum absolute atomic E-state index is 12.2. The molecule has 2 rings (SSSR count). The smallest absolute Gasteiger partial charge is 0.268 e. The highest BCUT2D eigenvalue weighted by Gasteiger charge is 2.33. The second-order valence-corrected chi connectivity index (χ2v) is 4.53. The lowest BCUT2D eigenvalue weighted by molar-refractivity contribution is -0.125. The second-order valence-electron chi connectivity index (χ2n) is 4.53. The Morgan fingerprint density at radius 1 is 1.55 bits per heavy atom. The van der Waals surface area contributed by atoms with E-state index >= 15 is 0 Å². The van der Waals surface area contributed by atoms with Crippen molar-refractivity contribution in [3.8, 4) is 11.5 Å². The average Bonchev–Trinajstić information content (AvgIpc) is 2.44. The minimum atomic E-state index is -0.568. The highest BCUT2D eigenvalue weighted by atomic mass is 16.5. The van der Waals surface area contributed by atoms with Gasteiger partial charge in [-0.2, -0.15) is 0 Å². The summed E-state index contributed by atoms with van der Waals surface area (Å²) in [5.74, 6) is 0.954. The van der Waals surface area contributed by atoms with Gasteiger partial charge in [0.25, 0.3) is 5.91 Å². The van der Waals surface area contributed by atoms with Gasteiger partial charge in [-0.15, -0.1) is 6.58 Å². The number of ether oxygens (including phenoxy) is 2. The second kappa shape index (κ2) is 5.96. The molecule has 0 bridgehead atoms. The van der Waals surface area contributed by atoms with E-state index in [4.69, 9.17) is 9.47 Å². The van der Waals surface area contributed by atoms with Crippen molar-refractivity contribution in [2.24, 2.45) is 0 Å². The third-order valence-corrected chi connectivity index (χ3v) is 3.09. The molecule has 0 fully saturated rings. The summed E-state index contributed by atoms with van der Waals surface area (Å²) in [5.41, 5.74) is 1.29. The molecule has 1 aliphatic rings. The topological polar surface area (TPSA) is 59.0 Å². The van der Waals surface area contributed by atoms with Gasteiger partial charge in [0.05, 0.1) is 18.9 Å². The monoisotopic (exact) mass is 277 g/mol. The molecule has 1 aromatic rings. The van der Waals surface area contributed by atoms with E-state index in [2.05, 4.69) is 6.58 Å². The number of aliphatic hydroxyl groups is 1. The van der Waals surface area contributed by atoms with Crippen LogP contribution in [-0.2, 0) is 11.4 Å². The van der Waals surface area contributed by atoms with Crippen LogP contribution >= 0.6 is 0 Å². The summed E-state index contributed by atoms with van der Waals surface area (Å²) in [7, 11) is 0. The summed E-state index contributed by atoms with van der Waals surface area (Å²) >= 11 is 0. The molecule has 1 N–H and O–H groups in total. The van der Waals surface area contributed by atoms with Gasteiger partial charge < -0.3 is 19.5 Å². The third-order valence-electron chi connectivity index (χ3n) is 3.09. The lowest BCUT2D eigenvalue weighted by Crippen LogP contribution is -2.44. The molecular formula is C15H19NO4. The number of anilines is 1. The number of amides is 1. The molecule has 20 heavy (non-hydrogen) atoms. The predicted molar refractivity (Wildman–Crippen MR) is 76.2 cm³/mol. The molecule has 0 aromatic heterocycles. The van der Waals surface area contributed by atoms with Gasteiger partial charge in [-0.05, 0) is 31.5 Å². The maximum Gasteiger partial charge on any atom is 0.268 e. The Balaban J connectivity index is 2.56. The van der Waals surface area contributed by atoms with Crippen molar-refractivity contribution >= 4 is 11.6 Å². The molecule has 108 valence electrons. The first-order chi connectivity index (χ1) is 9.62. The minimum Gasteiger partial charge on any atom is -0.490 e. The fourth-order valence-corrected chi connectivity index (χ4v) is 2.20. The number of fused-ring (bicyclic) bond motifs is 1. The van der Waals surface area contributed by atoms with Crippen molar-refractivity contribution < 1.29 is 19.4 Å². The number of carbonyl (C=O) groups excluding carboxylic acids is 1. The molecule has 5 heteroatoms. The number of hydrogen-bond acceptors (Lipinski definition) is 4. The van der Waals surface area contributed by atoms with Gasteiger partial charge in [0, 0.05) is 6.54 Å². The van der Waals surface area contributed by atoms with E-state index in [9.17, 15) is 9.90 Å². The van der Waals surface area contributed by atoms with Crippen LogP contribution in [0.5, 0.6) is 11.5 Å². The van der Waals surface area contributed by atoms with Crippen molar-refractivity contribution in [1.82, 2.24) is 0 Å². The molecule has 0 aliphatic carbocycles. The molecule has 1 heterocycles. The molecule has 1 amide bonds. The first kappa shape index (κ1) is 14.4. The number of benzene rings is 1. The van der Waals surface area contributed by atoms with Gasteiger partial charge in [-0.25, -0.2) is 0 Å². The first-order valence-corrected chi connectivity index (χ1v) is 6.61.